The number of fused-ring (bicyclic) bond motifs is 1. The fourth-order valence-corrected chi connectivity index (χ4v) is 4.33. The van der Waals surface area contributed by atoms with Gasteiger partial charge in [0.2, 0.25) is 5.91 Å². The zero-order valence-electron chi connectivity index (χ0n) is 12.4. The molecule has 2 aliphatic rings. The first-order valence-corrected chi connectivity index (χ1v) is 8.59. The molecule has 1 aromatic rings. The molecule has 0 aromatic carbocycles. The summed E-state index contributed by atoms with van der Waals surface area (Å²) in [6.07, 6.45) is 3.52. The van der Waals surface area contributed by atoms with Crippen LogP contribution >= 0.6 is 11.3 Å². The van der Waals surface area contributed by atoms with Crippen LogP contribution in [0, 0.1) is 11.8 Å². The summed E-state index contributed by atoms with van der Waals surface area (Å²) >= 11 is 1.82. The van der Waals surface area contributed by atoms with Gasteiger partial charge in [-0.1, -0.05) is 13.8 Å². The fraction of sp³-hybridized carbons (Fsp3) is 0.688. The van der Waals surface area contributed by atoms with Gasteiger partial charge in [0.1, 0.15) is 0 Å². The van der Waals surface area contributed by atoms with Gasteiger partial charge in [0.05, 0.1) is 6.54 Å². The quantitative estimate of drug-likeness (QED) is 0.929. The summed E-state index contributed by atoms with van der Waals surface area (Å²) in [6, 6.07) is 2.68. The Labute approximate surface area is 125 Å². The molecule has 3 unspecified atom stereocenters. The fourth-order valence-electron chi connectivity index (χ4n) is 3.44. The molecular weight excluding hydrogens is 268 g/mol. The van der Waals surface area contributed by atoms with Crippen LogP contribution in [-0.2, 0) is 17.8 Å². The lowest BCUT2D eigenvalue weighted by atomic mass is 9.98. The van der Waals surface area contributed by atoms with Crippen LogP contribution in [0.15, 0.2) is 11.4 Å². The highest BCUT2D eigenvalue weighted by Gasteiger charge is 2.30. The van der Waals surface area contributed by atoms with Crippen molar-refractivity contribution in [2.45, 2.75) is 45.7 Å². The Bertz CT molecular complexity index is 485. The average molecular weight is 292 g/mol. The zero-order valence-corrected chi connectivity index (χ0v) is 13.2. The maximum Gasteiger partial charge on any atom is 0.236 e. The van der Waals surface area contributed by atoms with Crippen molar-refractivity contribution in [3.63, 3.8) is 0 Å². The Morgan fingerprint density at radius 2 is 2.30 bits per heavy atom. The molecule has 3 nitrogen and oxygen atoms in total. The van der Waals surface area contributed by atoms with Gasteiger partial charge in [-0.05, 0) is 48.1 Å². The minimum Gasteiger partial charge on any atom is -0.337 e. The topological polar surface area (TPSA) is 32.3 Å². The maximum absolute atomic E-state index is 12.3. The smallest absolute Gasteiger partial charge is 0.236 e. The molecule has 1 aliphatic heterocycles. The van der Waals surface area contributed by atoms with Crippen molar-refractivity contribution in [2.75, 3.05) is 13.1 Å². The van der Waals surface area contributed by atoms with Crippen LogP contribution < -0.4 is 5.32 Å². The second-order valence-electron chi connectivity index (χ2n) is 6.34. The van der Waals surface area contributed by atoms with E-state index in [-0.39, 0.29) is 5.91 Å². The molecular formula is C16H24N2OS. The number of carbonyl (C=O) groups is 1. The van der Waals surface area contributed by atoms with Crippen LogP contribution in [0.2, 0.25) is 0 Å². The van der Waals surface area contributed by atoms with Crippen LogP contribution in [0.3, 0.4) is 0 Å². The highest BCUT2D eigenvalue weighted by Crippen LogP contribution is 2.31. The number of nitrogens with one attached hydrogen (secondary N) is 1. The molecule has 0 radical (unpaired) electrons. The van der Waals surface area contributed by atoms with E-state index < -0.39 is 0 Å². The lowest BCUT2D eigenvalue weighted by molar-refractivity contribution is -0.131. The molecule has 4 heteroatoms. The van der Waals surface area contributed by atoms with Gasteiger partial charge in [0, 0.05) is 24.0 Å². The lowest BCUT2D eigenvalue weighted by Crippen LogP contribution is -2.44. The molecule has 3 rings (SSSR count). The molecule has 20 heavy (non-hydrogen) atoms. The van der Waals surface area contributed by atoms with E-state index in [9.17, 15) is 4.79 Å². The predicted molar refractivity (Wildman–Crippen MR) is 82.8 cm³/mol. The van der Waals surface area contributed by atoms with E-state index in [0.29, 0.717) is 18.5 Å². The van der Waals surface area contributed by atoms with Crippen molar-refractivity contribution in [3.8, 4) is 0 Å². The molecule has 3 atom stereocenters. The number of hydrogen-bond acceptors (Lipinski definition) is 3. The van der Waals surface area contributed by atoms with Gasteiger partial charge in [0.25, 0.3) is 0 Å². The van der Waals surface area contributed by atoms with E-state index in [0.717, 1.165) is 25.4 Å². The third-order valence-corrected chi connectivity index (χ3v) is 6.16. The summed E-state index contributed by atoms with van der Waals surface area (Å²) in [6.45, 7) is 6.80. The summed E-state index contributed by atoms with van der Waals surface area (Å²) in [4.78, 5) is 15.8. The summed E-state index contributed by atoms with van der Waals surface area (Å²) in [5.74, 6) is 1.73. The number of carbonyl (C=O) groups excluding carboxylic acids is 1. The van der Waals surface area contributed by atoms with Gasteiger partial charge in [-0.15, -0.1) is 11.3 Å². The van der Waals surface area contributed by atoms with Crippen molar-refractivity contribution in [1.29, 1.82) is 0 Å². The molecule has 1 amide bonds. The lowest BCUT2D eigenvalue weighted by Gasteiger charge is -2.28. The van der Waals surface area contributed by atoms with Crippen LogP contribution in [0.4, 0.5) is 0 Å². The molecule has 110 valence electrons. The van der Waals surface area contributed by atoms with Crippen molar-refractivity contribution < 1.29 is 4.79 Å². The summed E-state index contributed by atoms with van der Waals surface area (Å²) in [7, 11) is 0. The minimum absolute atomic E-state index is 0.258. The minimum atomic E-state index is 0.258. The summed E-state index contributed by atoms with van der Waals surface area (Å²) in [5, 5.41) is 5.63. The van der Waals surface area contributed by atoms with E-state index in [1.807, 2.05) is 16.2 Å². The van der Waals surface area contributed by atoms with E-state index in [1.165, 1.54) is 23.3 Å². The number of rotatable bonds is 3. The molecule has 1 N–H and O–H groups in total. The van der Waals surface area contributed by atoms with Crippen LogP contribution in [-0.4, -0.2) is 29.9 Å². The molecule has 1 aromatic heterocycles. The Kier molecular flexibility index (Phi) is 4.13. The Morgan fingerprint density at radius 3 is 3.05 bits per heavy atom. The first-order chi connectivity index (χ1) is 9.65. The van der Waals surface area contributed by atoms with Gasteiger partial charge in [-0.2, -0.15) is 0 Å². The van der Waals surface area contributed by atoms with E-state index in [2.05, 4.69) is 30.6 Å². The summed E-state index contributed by atoms with van der Waals surface area (Å²) < 4.78 is 0. The van der Waals surface area contributed by atoms with Crippen molar-refractivity contribution in [2.24, 2.45) is 11.8 Å². The van der Waals surface area contributed by atoms with E-state index in [1.54, 1.807) is 0 Å². The van der Waals surface area contributed by atoms with E-state index >= 15 is 0 Å². The monoisotopic (exact) mass is 292 g/mol. The Balaban J connectivity index is 1.51. The Morgan fingerprint density at radius 1 is 1.45 bits per heavy atom. The molecule has 1 saturated carbocycles. The molecule has 2 heterocycles. The molecule has 0 spiro atoms. The van der Waals surface area contributed by atoms with Crippen LogP contribution in [0.5, 0.6) is 0 Å². The largest absolute Gasteiger partial charge is 0.337 e. The SMILES string of the molecule is CC1CCC(NCC(=O)N2CCc3sccc3C2)C1C. The van der Waals surface area contributed by atoms with Crippen molar-refractivity contribution in [1.82, 2.24) is 10.2 Å². The van der Waals surface area contributed by atoms with Gasteiger partial charge >= 0.3 is 0 Å². The molecule has 1 aliphatic carbocycles. The number of nitrogens with zero attached hydrogens (tertiary/aromatic N) is 1. The average Bonchev–Trinajstić information content (AvgIpc) is 3.04. The standard InChI is InChI=1S/C16H24N2OS/c1-11-3-4-14(12(11)2)17-9-16(19)18-7-5-15-13(10-18)6-8-20-15/h6,8,11-12,14,17H,3-5,7,9-10H2,1-2H3. The maximum atomic E-state index is 12.3. The number of amides is 1. The highest BCUT2D eigenvalue weighted by atomic mass is 32.1. The van der Waals surface area contributed by atoms with Crippen molar-refractivity contribution in [3.05, 3.63) is 21.9 Å². The second-order valence-corrected chi connectivity index (χ2v) is 7.34. The zero-order chi connectivity index (χ0) is 14.1. The number of thiophene rings is 1. The van der Waals surface area contributed by atoms with Crippen LogP contribution in [0.1, 0.15) is 37.1 Å². The third kappa shape index (κ3) is 2.77. The number of hydrogen-bond donors (Lipinski definition) is 1. The Hall–Kier alpha value is -0.870. The summed E-state index contributed by atoms with van der Waals surface area (Å²) in [5.41, 5.74) is 1.34. The molecule has 0 saturated heterocycles. The van der Waals surface area contributed by atoms with Gasteiger partial charge in [-0.3, -0.25) is 4.79 Å². The predicted octanol–water partition coefficient (Wildman–Crippen LogP) is 2.66. The second kappa shape index (κ2) is 5.86. The van der Waals surface area contributed by atoms with Crippen molar-refractivity contribution >= 4 is 17.2 Å². The third-order valence-electron chi connectivity index (χ3n) is 5.14. The van der Waals surface area contributed by atoms with Crippen LogP contribution in [0.25, 0.3) is 0 Å². The first kappa shape index (κ1) is 14.1. The highest BCUT2D eigenvalue weighted by molar-refractivity contribution is 7.10. The molecule has 1 fully saturated rings. The van der Waals surface area contributed by atoms with Gasteiger partial charge in [-0.25, -0.2) is 0 Å². The van der Waals surface area contributed by atoms with Gasteiger partial charge < -0.3 is 10.2 Å². The molecule has 0 bridgehead atoms. The first-order valence-electron chi connectivity index (χ1n) is 7.71. The van der Waals surface area contributed by atoms with E-state index in [4.69, 9.17) is 0 Å². The van der Waals surface area contributed by atoms with Gasteiger partial charge in [0.15, 0.2) is 0 Å². The normalized spacial score (nSPS) is 29.5.